The zero-order valence-corrected chi connectivity index (χ0v) is 8.32. The van der Waals surface area contributed by atoms with Crippen molar-refractivity contribution in [1.82, 2.24) is 5.32 Å². The smallest absolute Gasteiger partial charge is 0.140 e. The van der Waals surface area contributed by atoms with Crippen LogP contribution in [0.25, 0.3) is 0 Å². The van der Waals surface area contributed by atoms with Gasteiger partial charge in [-0.2, -0.15) is 5.26 Å². The van der Waals surface area contributed by atoms with Crippen molar-refractivity contribution in [3.05, 3.63) is 23.9 Å². The summed E-state index contributed by atoms with van der Waals surface area (Å²) in [7, 11) is 0. The SMILES string of the molecule is N#CC1=C[C@@]2(I)C=CNC2N=C1. The van der Waals surface area contributed by atoms with Crippen LogP contribution in [0.5, 0.6) is 0 Å². The number of aliphatic imine (C=N–C) groups is 1. The molecular weight excluding hydrogens is 265 g/mol. The fraction of sp³-hybridized carbons (Fsp3) is 0.250. The van der Waals surface area contributed by atoms with Crippen molar-refractivity contribution in [3.8, 4) is 6.07 Å². The van der Waals surface area contributed by atoms with E-state index in [0.717, 1.165) is 0 Å². The third-order valence-corrected chi connectivity index (χ3v) is 3.14. The number of dihydropyridines is 1. The number of halogens is 1. The van der Waals surface area contributed by atoms with Gasteiger partial charge in [-0.25, -0.2) is 0 Å². The molecule has 0 radical (unpaired) electrons. The number of nitriles is 1. The molecule has 2 aliphatic rings. The van der Waals surface area contributed by atoms with Crippen LogP contribution in [0.15, 0.2) is 28.9 Å². The number of allylic oxidation sites excluding steroid dienone is 1. The summed E-state index contributed by atoms with van der Waals surface area (Å²) in [6, 6.07) is 2.09. The first-order valence-electron chi connectivity index (χ1n) is 3.53. The molecule has 0 amide bonds. The maximum Gasteiger partial charge on any atom is 0.140 e. The van der Waals surface area contributed by atoms with Gasteiger partial charge >= 0.3 is 0 Å². The molecule has 4 heteroatoms. The van der Waals surface area contributed by atoms with Crippen LogP contribution in [-0.2, 0) is 0 Å². The van der Waals surface area contributed by atoms with Gasteiger partial charge in [0.25, 0.3) is 0 Å². The van der Waals surface area contributed by atoms with Gasteiger partial charge in [0.2, 0.25) is 0 Å². The molecule has 0 fully saturated rings. The van der Waals surface area contributed by atoms with Gasteiger partial charge in [-0.05, 0) is 18.4 Å². The molecule has 12 heavy (non-hydrogen) atoms. The Hall–Kier alpha value is -0.830. The zero-order valence-electron chi connectivity index (χ0n) is 6.16. The van der Waals surface area contributed by atoms with Crippen molar-refractivity contribution < 1.29 is 0 Å². The molecule has 2 atom stereocenters. The fourth-order valence-electron chi connectivity index (χ4n) is 1.26. The highest BCUT2D eigenvalue weighted by atomic mass is 127. The number of fused-ring (bicyclic) bond motifs is 1. The molecule has 2 aliphatic heterocycles. The van der Waals surface area contributed by atoms with E-state index < -0.39 is 0 Å². The van der Waals surface area contributed by atoms with E-state index in [9.17, 15) is 0 Å². The molecule has 2 heterocycles. The highest BCUT2D eigenvalue weighted by Gasteiger charge is 2.36. The Kier molecular flexibility index (Phi) is 1.68. The van der Waals surface area contributed by atoms with E-state index in [2.05, 4.69) is 39.0 Å². The molecule has 0 aromatic carbocycles. The summed E-state index contributed by atoms with van der Waals surface area (Å²) in [6.45, 7) is 0. The lowest BCUT2D eigenvalue weighted by Crippen LogP contribution is -2.37. The van der Waals surface area contributed by atoms with Gasteiger partial charge in [0.15, 0.2) is 0 Å². The summed E-state index contributed by atoms with van der Waals surface area (Å²) in [5.41, 5.74) is 0.633. The van der Waals surface area contributed by atoms with E-state index >= 15 is 0 Å². The Morgan fingerprint density at radius 2 is 2.58 bits per heavy atom. The van der Waals surface area contributed by atoms with Gasteiger partial charge in [-0.15, -0.1) is 0 Å². The molecule has 0 bridgehead atoms. The summed E-state index contributed by atoms with van der Waals surface area (Å²) in [5, 5.41) is 11.8. The monoisotopic (exact) mass is 271 g/mol. The number of nitrogens with zero attached hydrogens (tertiary/aromatic N) is 2. The van der Waals surface area contributed by atoms with E-state index in [0.29, 0.717) is 5.57 Å². The van der Waals surface area contributed by atoms with Crippen molar-refractivity contribution >= 4 is 28.8 Å². The van der Waals surface area contributed by atoms with Crippen molar-refractivity contribution in [2.75, 3.05) is 0 Å². The first kappa shape index (κ1) is 7.80. The molecule has 0 aliphatic carbocycles. The number of rotatable bonds is 0. The topological polar surface area (TPSA) is 48.2 Å². The third kappa shape index (κ3) is 1.05. The van der Waals surface area contributed by atoms with Gasteiger partial charge in [0.1, 0.15) is 15.7 Å². The van der Waals surface area contributed by atoms with Gasteiger partial charge in [0, 0.05) is 6.21 Å². The fourth-order valence-corrected chi connectivity index (χ4v) is 2.12. The van der Waals surface area contributed by atoms with Crippen LogP contribution in [0.3, 0.4) is 0 Å². The quantitative estimate of drug-likeness (QED) is 0.530. The van der Waals surface area contributed by atoms with Crippen LogP contribution in [0.4, 0.5) is 0 Å². The van der Waals surface area contributed by atoms with Crippen LogP contribution >= 0.6 is 22.6 Å². The minimum Gasteiger partial charge on any atom is -0.368 e. The minimum atomic E-state index is -0.141. The molecule has 0 aromatic heterocycles. The number of alkyl halides is 1. The Morgan fingerprint density at radius 1 is 1.75 bits per heavy atom. The van der Waals surface area contributed by atoms with Crippen molar-refractivity contribution in [1.29, 1.82) is 5.26 Å². The summed E-state index contributed by atoms with van der Waals surface area (Å²) >= 11 is 2.29. The van der Waals surface area contributed by atoms with Crippen molar-refractivity contribution in [2.45, 2.75) is 9.59 Å². The minimum absolute atomic E-state index is 0.0650. The van der Waals surface area contributed by atoms with E-state index in [1.807, 2.05) is 18.4 Å². The van der Waals surface area contributed by atoms with Gasteiger partial charge in [-0.3, -0.25) is 4.99 Å². The summed E-state index contributed by atoms with van der Waals surface area (Å²) in [4.78, 5) is 4.22. The molecule has 3 nitrogen and oxygen atoms in total. The van der Waals surface area contributed by atoms with E-state index in [-0.39, 0.29) is 9.59 Å². The Bertz CT molecular complexity index is 337. The second-order valence-electron chi connectivity index (χ2n) is 2.72. The molecule has 60 valence electrons. The largest absolute Gasteiger partial charge is 0.368 e. The molecule has 0 spiro atoms. The van der Waals surface area contributed by atoms with Gasteiger partial charge < -0.3 is 5.32 Å². The van der Waals surface area contributed by atoms with Crippen LogP contribution in [0.2, 0.25) is 0 Å². The normalized spacial score (nSPS) is 36.7. The second-order valence-corrected chi connectivity index (χ2v) is 4.59. The van der Waals surface area contributed by atoms with Crippen LogP contribution < -0.4 is 5.32 Å². The molecule has 0 saturated heterocycles. The first-order valence-corrected chi connectivity index (χ1v) is 4.61. The molecule has 0 saturated carbocycles. The highest BCUT2D eigenvalue weighted by molar-refractivity contribution is 14.1. The summed E-state index contributed by atoms with van der Waals surface area (Å²) in [5.74, 6) is 0. The predicted molar refractivity (Wildman–Crippen MR) is 55.0 cm³/mol. The molecule has 0 aromatic rings. The lowest BCUT2D eigenvalue weighted by Gasteiger charge is -2.24. The second kappa shape index (κ2) is 2.59. The predicted octanol–water partition coefficient (Wildman–Crippen LogP) is 1.14. The summed E-state index contributed by atoms with van der Waals surface area (Å²) < 4.78 is -0.141. The molecular formula is C8H6IN3. The Morgan fingerprint density at radius 3 is 3.33 bits per heavy atom. The van der Waals surface area contributed by atoms with Crippen LogP contribution in [0, 0.1) is 11.3 Å². The Balaban J connectivity index is 2.40. The number of hydrogen-bond donors (Lipinski definition) is 1. The first-order chi connectivity index (χ1) is 5.74. The van der Waals surface area contributed by atoms with E-state index in [1.165, 1.54) is 0 Å². The lowest BCUT2D eigenvalue weighted by molar-refractivity contribution is 0.619. The number of nitrogens with one attached hydrogen (secondary N) is 1. The van der Waals surface area contributed by atoms with Gasteiger partial charge in [-0.1, -0.05) is 22.6 Å². The van der Waals surface area contributed by atoms with E-state index in [4.69, 9.17) is 5.26 Å². The Labute approximate surface area is 84.0 Å². The molecule has 1 N–H and O–H groups in total. The molecule has 2 rings (SSSR count). The molecule has 1 unspecified atom stereocenters. The van der Waals surface area contributed by atoms with E-state index in [1.54, 1.807) is 6.21 Å². The van der Waals surface area contributed by atoms with Crippen LogP contribution in [0.1, 0.15) is 0 Å². The standard InChI is InChI=1S/C8H6IN3/c9-8-1-2-11-7(8)12-5-6(3-8)4-10/h1-3,5,7,11H/t7?,8-/m0/s1. The number of hydrogen-bond acceptors (Lipinski definition) is 3. The van der Waals surface area contributed by atoms with Crippen molar-refractivity contribution in [2.24, 2.45) is 4.99 Å². The summed E-state index contributed by atoms with van der Waals surface area (Å²) in [6.07, 6.45) is 7.51. The highest BCUT2D eigenvalue weighted by Crippen LogP contribution is 2.34. The average molecular weight is 271 g/mol. The lowest BCUT2D eigenvalue weighted by atomic mass is 10.0. The zero-order chi connectivity index (χ0) is 8.60. The maximum atomic E-state index is 8.67. The van der Waals surface area contributed by atoms with Crippen LogP contribution in [-0.4, -0.2) is 15.8 Å². The van der Waals surface area contributed by atoms with Crippen molar-refractivity contribution in [3.63, 3.8) is 0 Å². The maximum absolute atomic E-state index is 8.67. The average Bonchev–Trinajstić information content (AvgIpc) is 2.44. The van der Waals surface area contributed by atoms with Gasteiger partial charge in [0.05, 0.1) is 5.57 Å². The third-order valence-electron chi connectivity index (χ3n) is 1.88.